The van der Waals surface area contributed by atoms with Crippen molar-refractivity contribution >= 4 is 17.3 Å². The average molecular weight is 289 g/mol. The first-order chi connectivity index (χ1) is 10.2. The molecule has 0 saturated carbocycles. The van der Waals surface area contributed by atoms with E-state index in [1.807, 2.05) is 24.3 Å². The quantitative estimate of drug-likeness (QED) is 0.832. The molecule has 3 rings (SSSR count). The van der Waals surface area contributed by atoms with Crippen molar-refractivity contribution in [3.05, 3.63) is 24.3 Å². The van der Waals surface area contributed by atoms with Gasteiger partial charge in [-0.05, 0) is 31.4 Å². The molecule has 21 heavy (non-hydrogen) atoms. The molecule has 1 aromatic rings. The van der Waals surface area contributed by atoms with Crippen molar-refractivity contribution in [3.8, 4) is 0 Å². The maximum absolute atomic E-state index is 12.5. The Morgan fingerprint density at radius 3 is 2.67 bits per heavy atom. The van der Waals surface area contributed by atoms with Crippen LogP contribution >= 0.6 is 0 Å². The Hall–Kier alpha value is -1.59. The van der Waals surface area contributed by atoms with Crippen LogP contribution in [0.2, 0.25) is 0 Å². The summed E-state index contributed by atoms with van der Waals surface area (Å²) < 4.78 is 5.10. The van der Waals surface area contributed by atoms with E-state index in [9.17, 15) is 4.79 Å². The second-order valence-electron chi connectivity index (χ2n) is 5.89. The van der Waals surface area contributed by atoms with E-state index < -0.39 is 5.54 Å². The molecule has 1 amide bonds. The minimum Gasteiger partial charge on any atom is -0.385 e. The molecule has 0 atom stereocenters. The van der Waals surface area contributed by atoms with Crippen LogP contribution in [0.1, 0.15) is 19.3 Å². The zero-order valence-corrected chi connectivity index (χ0v) is 12.5. The number of anilines is 2. The van der Waals surface area contributed by atoms with Crippen molar-refractivity contribution in [1.29, 1.82) is 0 Å². The van der Waals surface area contributed by atoms with E-state index in [4.69, 9.17) is 4.74 Å². The van der Waals surface area contributed by atoms with Gasteiger partial charge < -0.3 is 20.3 Å². The van der Waals surface area contributed by atoms with Gasteiger partial charge in [0.05, 0.1) is 11.4 Å². The van der Waals surface area contributed by atoms with Crippen LogP contribution in [0, 0.1) is 0 Å². The van der Waals surface area contributed by atoms with Crippen LogP contribution in [0.5, 0.6) is 0 Å². The first kappa shape index (κ1) is 14.4. The fraction of sp³-hybridized carbons (Fsp3) is 0.562. The Labute approximate surface area is 125 Å². The number of ether oxygens (including phenoxy) is 1. The van der Waals surface area contributed by atoms with Gasteiger partial charge in [0.1, 0.15) is 5.54 Å². The van der Waals surface area contributed by atoms with E-state index in [-0.39, 0.29) is 5.91 Å². The van der Waals surface area contributed by atoms with Gasteiger partial charge in [0, 0.05) is 33.4 Å². The van der Waals surface area contributed by atoms with Gasteiger partial charge in [-0.25, -0.2) is 0 Å². The lowest BCUT2D eigenvalue weighted by atomic mass is 9.84. The fourth-order valence-corrected chi connectivity index (χ4v) is 3.20. The lowest BCUT2D eigenvalue weighted by Gasteiger charge is -2.44. The van der Waals surface area contributed by atoms with Crippen LogP contribution in [-0.2, 0) is 9.53 Å². The number of carbonyl (C=O) groups excluding carboxylic acids is 1. The number of likely N-dealkylation sites (tertiary alicyclic amines) is 1. The van der Waals surface area contributed by atoms with Gasteiger partial charge in [-0.15, -0.1) is 0 Å². The summed E-state index contributed by atoms with van der Waals surface area (Å²) in [6.07, 6.45) is 2.74. The van der Waals surface area contributed by atoms with E-state index in [0.29, 0.717) is 0 Å². The third-order valence-corrected chi connectivity index (χ3v) is 4.52. The van der Waals surface area contributed by atoms with Crippen LogP contribution < -0.4 is 10.6 Å². The Bertz CT molecular complexity index is 510. The summed E-state index contributed by atoms with van der Waals surface area (Å²) in [5.74, 6) is 0.109. The predicted molar refractivity (Wildman–Crippen MR) is 83.6 cm³/mol. The third-order valence-electron chi connectivity index (χ3n) is 4.52. The highest BCUT2D eigenvalue weighted by molar-refractivity contribution is 6.06. The molecule has 5 heteroatoms. The molecule has 1 aromatic carbocycles. The van der Waals surface area contributed by atoms with Crippen molar-refractivity contribution in [1.82, 2.24) is 4.90 Å². The molecule has 114 valence electrons. The molecule has 1 spiro atoms. The van der Waals surface area contributed by atoms with E-state index in [0.717, 1.165) is 56.9 Å². The number of nitrogens with zero attached hydrogens (tertiary/aromatic N) is 1. The highest BCUT2D eigenvalue weighted by Gasteiger charge is 2.44. The van der Waals surface area contributed by atoms with Gasteiger partial charge in [-0.3, -0.25) is 4.79 Å². The van der Waals surface area contributed by atoms with E-state index in [1.54, 1.807) is 7.11 Å². The first-order valence-corrected chi connectivity index (χ1v) is 7.63. The van der Waals surface area contributed by atoms with Crippen LogP contribution in [-0.4, -0.2) is 49.7 Å². The number of rotatable bonds is 4. The van der Waals surface area contributed by atoms with Crippen LogP contribution in [0.25, 0.3) is 0 Å². The second kappa shape index (κ2) is 6.03. The summed E-state index contributed by atoms with van der Waals surface area (Å²) >= 11 is 0. The highest BCUT2D eigenvalue weighted by atomic mass is 16.5. The Morgan fingerprint density at radius 2 is 1.95 bits per heavy atom. The van der Waals surface area contributed by atoms with Gasteiger partial charge in [-0.2, -0.15) is 0 Å². The molecule has 1 saturated heterocycles. The molecular formula is C16H23N3O2. The summed E-state index contributed by atoms with van der Waals surface area (Å²) in [5.41, 5.74) is 1.48. The summed E-state index contributed by atoms with van der Waals surface area (Å²) in [5, 5.41) is 6.53. The summed E-state index contributed by atoms with van der Waals surface area (Å²) in [4.78, 5) is 14.9. The van der Waals surface area contributed by atoms with E-state index in [2.05, 4.69) is 15.5 Å². The second-order valence-corrected chi connectivity index (χ2v) is 5.89. The lowest BCUT2D eigenvalue weighted by Crippen LogP contribution is -2.58. The summed E-state index contributed by atoms with van der Waals surface area (Å²) in [7, 11) is 1.74. The van der Waals surface area contributed by atoms with Crippen molar-refractivity contribution in [2.24, 2.45) is 0 Å². The molecule has 0 radical (unpaired) electrons. The number of fused-ring (bicyclic) bond motifs is 1. The third kappa shape index (κ3) is 2.89. The maximum Gasteiger partial charge on any atom is 0.250 e. The average Bonchev–Trinajstić information content (AvgIpc) is 2.51. The topological polar surface area (TPSA) is 53.6 Å². The molecule has 2 aliphatic heterocycles. The summed E-state index contributed by atoms with van der Waals surface area (Å²) in [6.45, 7) is 3.74. The minimum absolute atomic E-state index is 0.109. The van der Waals surface area contributed by atoms with E-state index in [1.165, 1.54) is 0 Å². The molecule has 2 heterocycles. The smallest absolute Gasteiger partial charge is 0.250 e. The minimum atomic E-state index is -0.438. The van der Waals surface area contributed by atoms with E-state index >= 15 is 0 Å². The van der Waals surface area contributed by atoms with Crippen molar-refractivity contribution < 1.29 is 9.53 Å². The number of hydrogen-bond acceptors (Lipinski definition) is 4. The monoisotopic (exact) mass is 289 g/mol. The molecule has 2 N–H and O–H groups in total. The Morgan fingerprint density at radius 1 is 1.24 bits per heavy atom. The zero-order valence-electron chi connectivity index (χ0n) is 12.5. The summed E-state index contributed by atoms with van der Waals surface area (Å²) in [6, 6.07) is 7.91. The largest absolute Gasteiger partial charge is 0.385 e. The molecular weight excluding hydrogens is 266 g/mol. The van der Waals surface area contributed by atoms with Crippen LogP contribution in [0.3, 0.4) is 0 Å². The molecule has 0 bridgehead atoms. The Kier molecular flexibility index (Phi) is 4.12. The van der Waals surface area contributed by atoms with Gasteiger partial charge in [0.2, 0.25) is 5.91 Å². The normalized spacial score (nSPS) is 20.7. The molecule has 0 aliphatic carbocycles. The number of methoxy groups -OCH3 is 1. The number of amides is 1. The number of hydrogen-bond donors (Lipinski definition) is 2. The van der Waals surface area contributed by atoms with Gasteiger partial charge in [0.25, 0.3) is 0 Å². The zero-order chi connectivity index (χ0) is 14.7. The van der Waals surface area contributed by atoms with Crippen molar-refractivity contribution in [3.63, 3.8) is 0 Å². The van der Waals surface area contributed by atoms with Crippen molar-refractivity contribution in [2.75, 3.05) is 44.0 Å². The SMILES string of the molecule is COCCCN1CCC2(CC1)Nc1ccccc1NC2=O. The fourth-order valence-electron chi connectivity index (χ4n) is 3.20. The van der Waals surface area contributed by atoms with Gasteiger partial charge >= 0.3 is 0 Å². The van der Waals surface area contributed by atoms with Crippen LogP contribution in [0.4, 0.5) is 11.4 Å². The number of piperidine rings is 1. The number of benzene rings is 1. The molecule has 0 unspecified atom stereocenters. The first-order valence-electron chi connectivity index (χ1n) is 7.63. The molecule has 2 aliphatic rings. The van der Waals surface area contributed by atoms with Crippen molar-refractivity contribution in [2.45, 2.75) is 24.8 Å². The molecule has 0 aromatic heterocycles. The maximum atomic E-state index is 12.5. The molecule has 5 nitrogen and oxygen atoms in total. The Balaban J connectivity index is 1.63. The number of para-hydroxylation sites is 2. The van der Waals surface area contributed by atoms with Gasteiger partial charge in [0.15, 0.2) is 0 Å². The molecule has 1 fully saturated rings. The van der Waals surface area contributed by atoms with Gasteiger partial charge in [-0.1, -0.05) is 12.1 Å². The number of nitrogens with one attached hydrogen (secondary N) is 2. The number of carbonyl (C=O) groups is 1. The standard InChI is InChI=1S/C16H23N3O2/c1-21-12-4-9-19-10-7-16(8-11-19)15(20)17-13-5-2-3-6-14(13)18-16/h2-3,5-6,18H,4,7-12H2,1H3,(H,17,20). The predicted octanol–water partition coefficient (Wildman–Crippen LogP) is 1.92. The van der Waals surface area contributed by atoms with Crippen LogP contribution in [0.15, 0.2) is 24.3 Å². The highest BCUT2D eigenvalue weighted by Crippen LogP contribution is 2.36. The lowest BCUT2D eigenvalue weighted by molar-refractivity contribution is -0.122.